The highest BCUT2D eigenvalue weighted by Gasteiger charge is 2.39. The van der Waals surface area contributed by atoms with Crippen molar-refractivity contribution in [1.82, 2.24) is 10.2 Å². The zero-order chi connectivity index (χ0) is 16.9. The van der Waals surface area contributed by atoms with Crippen LogP contribution in [0.15, 0.2) is 0 Å². The van der Waals surface area contributed by atoms with Crippen LogP contribution in [0.5, 0.6) is 0 Å². The number of carbonyl (C=O) groups is 3. The first kappa shape index (κ1) is 17.8. The lowest BCUT2D eigenvalue weighted by atomic mass is 9.82. The number of carboxylic acids is 1. The van der Waals surface area contributed by atoms with Gasteiger partial charge in [-0.1, -0.05) is 19.3 Å². The van der Waals surface area contributed by atoms with Gasteiger partial charge in [0.05, 0.1) is 12.0 Å². The molecule has 1 heterocycles. The maximum atomic E-state index is 12.2. The second-order valence-electron chi connectivity index (χ2n) is 7.27. The SMILES string of the molecule is CC1(C(=O)O)CCCN(C(=O)CNC(=O)CC2CCCCC2)C1. The summed E-state index contributed by atoms with van der Waals surface area (Å²) < 4.78 is 0. The molecule has 2 fully saturated rings. The lowest BCUT2D eigenvalue weighted by Crippen LogP contribution is -2.51. The van der Waals surface area contributed by atoms with Crippen molar-refractivity contribution in [1.29, 1.82) is 0 Å². The lowest BCUT2D eigenvalue weighted by molar-refractivity contribution is -0.153. The summed E-state index contributed by atoms with van der Waals surface area (Å²) in [6.45, 7) is 2.44. The van der Waals surface area contributed by atoms with Gasteiger partial charge < -0.3 is 15.3 Å². The van der Waals surface area contributed by atoms with Crippen LogP contribution in [0.25, 0.3) is 0 Å². The van der Waals surface area contributed by atoms with Gasteiger partial charge in [-0.2, -0.15) is 0 Å². The number of amides is 2. The smallest absolute Gasteiger partial charge is 0.311 e. The zero-order valence-corrected chi connectivity index (χ0v) is 14.0. The van der Waals surface area contributed by atoms with E-state index in [1.165, 1.54) is 19.3 Å². The van der Waals surface area contributed by atoms with Crippen molar-refractivity contribution < 1.29 is 19.5 Å². The minimum Gasteiger partial charge on any atom is -0.481 e. The second kappa shape index (κ2) is 7.79. The van der Waals surface area contributed by atoms with Crippen LogP contribution < -0.4 is 5.32 Å². The molecular formula is C17H28N2O4. The Morgan fingerprint density at radius 1 is 1.17 bits per heavy atom. The van der Waals surface area contributed by atoms with Crippen LogP contribution in [-0.2, 0) is 14.4 Å². The van der Waals surface area contributed by atoms with Crippen molar-refractivity contribution in [3.05, 3.63) is 0 Å². The number of hydrogen-bond acceptors (Lipinski definition) is 3. The van der Waals surface area contributed by atoms with E-state index in [1.54, 1.807) is 11.8 Å². The first-order valence-corrected chi connectivity index (χ1v) is 8.68. The molecule has 1 saturated heterocycles. The molecule has 0 aromatic rings. The van der Waals surface area contributed by atoms with E-state index in [-0.39, 0.29) is 24.9 Å². The molecule has 1 saturated carbocycles. The molecule has 1 aliphatic carbocycles. The highest BCUT2D eigenvalue weighted by molar-refractivity contribution is 5.85. The minimum absolute atomic E-state index is 0.0265. The van der Waals surface area contributed by atoms with Crippen LogP contribution in [0, 0.1) is 11.3 Å². The van der Waals surface area contributed by atoms with E-state index in [1.807, 2.05) is 0 Å². The van der Waals surface area contributed by atoms with Crippen LogP contribution in [0.2, 0.25) is 0 Å². The summed E-state index contributed by atoms with van der Waals surface area (Å²) >= 11 is 0. The van der Waals surface area contributed by atoms with Crippen LogP contribution in [0.3, 0.4) is 0 Å². The topological polar surface area (TPSA) is 86.7 Å². The molecule has 1 atom stereocenters. The van der Waals surface area contributed by atoms with Crippen molar-refractivity contribution in [2.45, 2.75) is 58.3 Å². The largest absolute Gasteiger partial charge is 0.481 e. The number of carbonyl (C=O) groups excluding carboxylic acids is 2. The van der Waals surface area contributed by atoms with Gasteiger partial charge in [-0.15, -0.1) is 0 Å². The van der Waals surface area contributed by atoms with E-state index in [9.17, 15) is 19.5 Å². The normalized spacial score (nSPS) is 25.9. The monoisotopic (exact) mass is 324 g/mol. The maximum absolute atomic E-state index is 12.2. The predicted molar refractivity (Wildman–Crippen MR) is 85.8 cm³/mol. The summed E-state index contributed by atoms with van der Waals surface area (Å²) in [5.74, 6) is -0.669. The Hall–Kier alpha value is -1.59. The van der Waals surface area contributed by atoms with Crippen LogP contribution in [-0.4, -0.2) is 47.4 Å². The van der Waals surface area contributed by atoms with Gasteiger partial charge in [-0.25, -0.2) is 0 Å². The molecule has 2 N–H and O–H groups in total. The minimum atomic E-state index is -0.875. The summed E-state index contributed by atoms with van der Waals surface area (Å²) in [4.78, 5) is 37.1. The summed E-state index contributed by atoms with van der Waals surface area (Å²) in [6, 6.07) is 0. The van der Waals surface area contributed by atoms with E-state index in [4.69, 9.17) is 0 Å². The highest BCUT2D eigenvalue weighted by Crippen LogP contribution is 2.29. The Kier molecular flexibility index (Phi) is 6.02. The molecule has 6 nitrogen and oxygen atoms in total. The summed E-state index contributed by atoms with van der Waals surface area (Å²) in [6.07, 6.45) is 7.62. The molecule has 130 valence electrons. The fraction of sp³-hybridized carbons (Fsp3) is 0.824. The Bertz CT molecular complexity index is 460. The van der Waals surface area contributed by atoms with Gasteiger partial charge in [0.15, 0.2) is 0 Å². The van der Waals surface area contributed by atoms with E-state index in [0.717, 1.165) is 12.8 Å². The number of rotatable bonds is 5. The van der Waals surface area contributed by atoms with Crippen molar-refractivity contribution in [3.8, 4) is 0 Å². The first-order chi connectivity index (χ1) is 10.9. The molecule has 2 rings (SSSR count). The number of hydrogen-bond donors (Lipinski definition) is 2. The third-order valence-electron chi connectivity index (χ3n) is 5.20. The lowest BCUT2D eigenvalue weighted by Gasteiger charge is -2.37. The van der Waals surface area contributed by atoms with Crippen molar-refractivity contribution >= 4 is 17.8 Å². The summed E-state index contributed by atoms with van der Waals surface area (Å²) in [5.41, 5.74) is -0.875. The molecule has 0 aromatic heterocycles. The maximum Gasteiger partial charge on any atom is 0.311 e. The number of nitrogens with zero attached hydrogens (tertiary/aromatic N) is 1. The Morgan fingerprint density at radius 3 is 2.52 bits per heavy atom. The number of likely N-dealkylation sites (tertiary alicyclic amines) is 1. The van der Waals surface area contributed by atoms with Gasteiger partial charge in [-0.3, -0.25) is 14.4 Å². The summed E-state index contributed by atoms with van der Waals surface area (Å²) in [7, 11) is 0. The Morgan fingerprint density at radius 2 is 1.87 bits per heavy atom. The van der Waals surface area contributed by atoms with Crippen molar-refractivity contribution in [2.24, 2.45) is 11.3 Å². The summed E-state index contributed by atoms with van der Waals surface area (Å²) in [5, 5.41) is 12.0. The van der Waals surface area contributed by atoms with Gasteiger partial charge in [0.2, 0.25) is 11.8 Å². The van der Waals surface area contributed by atoms with E-state index < -0.39 is 11.4 Å². The van der Waals surface area contributed by atoms with E-state index in [2.05, 4.69) is 5.32 Å². The van der Waals surface area contributed by atoms with Crippen molar-refractivity contribution in [3.63, 3.8) is 0 Å². The van der Waals surface area contributed by atoms with Crippen LogP contribution in [0.1, 0.15) is 58.3 Å². The van der Waals surface area contributed by atoms with Crippen molar-refractivity contribution in [2.75, 3.05) is 19.6 Å². The molecule has 6 heteroatoms. The standard InChI is InChI=1S/C17H28N2O4/c1-17(16(22)23)8-5-9-19(12-17)15(21)11-18-14(20)10-13-6-3-2-4-7-13/h13H,2-12H2,1H3,(H,18,20)(H,22,23). The van der Waals surface area contributed by atoms with Gasteiger partial charge in [-0.05, 0) is 38.5 Å². The molecule has 1 unspecified atom stereocenters. The molecule has 0 bridgehead atoms. The number of carboxylic acid groups (broad SMARTS) is 1. The number of piperidine rings is 1. The van der Waals surface area contributed by atoms with Gasteiger partial charge in [0.25, 0.3) is 0 Å². The van der Waals surface area contributed by atoms with Crippen LogP contribution in [0.4, 0.5) is 0 Å². The van der Waals surface area contributed by atoms with E-state index in [0.29, 0.717) is 31.7 Å². The van der Waals surface area contributed by atoms with Gasteiger partial charge in [0, 0.05) is 19.5 Å². The first-order valence-electron chi connectivity index (χ1n) is 8.68. The highest BCUT2D eigenvalue weighted by atomic mass is 16.4. The second-order valence-corrected chi connectivity index (χ2v) is 7.27. The van der Waals surface area contributed by atoms with Gasteiger partial charge >= 0.3 is 5.97 Å². The third-order valence-corrected chi connectivity index (χ3v) is 5.20. The van der Waals surface area contributed by atoms with Gasteiger partial charge in [0.1, 0.15) is 0 Å². The van der Waals surface area contributed by atoms with Crippen LogP contribution >= 0.6 is 0 Å². The van der Waals surface area contributed by atoms with E-state index >= 15 is 0 Å². The molecule has 1 aliphatic heterocycles. The third kappa shape index (κ3) is 4.94. The average Bonchev–Trinajstić information content (AvgIpc) is 2.53. The molecule has 2 aliphatic rings. The number of nitrogens with one attached hydrogen (secondary N) is 1. The predicted octanol–water partition coefficient (Wildman–Crippen LogP) is 1.79. The zero-order valence-electron chi connectivity index (χ0n) is 14.0. The molecular weight excluding hydrogens is 296 g/mol. The number of aliphatic carboxylic acids is 1. The Balaban J connectivity index is 1.75. The average molecular weight is 324 g/mol. The fourth-order valence-electron chi connectivity index (χ4n) is 3.64. The Labute approximate surface area is 137 Å². The molecule has 23 heavy (non-hydrogen) atoms. The molecule has 0 radical (unpaired) electrons. The quantitative estimate of drug-likeness (QED) is 0.807. The molecule has 0 aromatic carbocycles. The fourth-order valence-corrected chi connectivity index (χ4v) is 3.64. The molecule has 0 spiro atoms. The molecule has 2 amide bonds.